The Kier molecular flexibility index (Phi) is 6.49. The van der Waals surface area contributed by atoms with E-state index in [0.717, 1.165) is 6.07 Å². The quantitative estimate of drug-likeness (QED) is 0.743. The zero-order chi connectivity index (χ0) is 21.7. The molecule has 9 heteroatoms. The first-order valence-corrected chi connectivity index (χ1v) is 9.29. The summed E-state index contributed by atoms with van der Waals surface area (Å²) in [6, 6.07) is 11.5. The van der Waals surface area contributed by atoms with E-state index in [0.29, 0.717) is 24.4 Å². The Morgan fingerprint density at radius 2 is 1.53 bits per heavy atom. The van der Waals surface area contributed by atoms with E-state index in [2.05, 4.69) is 0 Å². The highest BCUT2D eigenvalue weighted by Gasteiger charge is 2.34. The highest BCUT2D eigenvalue weighted by Crippen LogP contribution is 2.35. The average molecular weight is 422 g/mol. The summed E-state index contributed by atoms with van der Waals surface area (Å²) in [6.45, 7) is 0.723. The molecule has 1 fully saturated rings. The van der Waals surface area contributed by atoms with Gasteiger partial charge < -0.3 is 19.3 Å². The molecule has 1 aliphatic rings. The molecule has 0 aromatic heterocycles. The highest BCUT2D eigenvalue weighted by atomic mass is 19.4. The van der Waals surface area contributed by atoms with E-state index in [-0.39, 0.29) is 24.7 Å². The molecular formula is C21H21F3N2O4. The lowest BCUT2D eigenvalue weighted by molar-refractivity contribution is -0.141. The van der Waals surface area contributed by atoms with Gasteiger partial charge in [0, 0.05) is 31.7 Å². The standard InChI is InChI=1S/C21H21F3N2O4/c1-29-16-8-6-15(7-9-16)20(28)26-12-10-25(11-13-26)19(27)14-30-18-5-3-2-4-17(18)21(22,23)24/h2-9H,10-14H2,1H3. The lowest BCUT2D eigenvalue weighted by Crippen LogP contribution is -2.51. The molecule has 0 aliphatic carbocycles. The molecular weight excluding hydrogens is 401 g/mol. The largest absolute Gasteiger partial charge is 0.497 e. The summed E-state index contributed by atoms with van der Waals surface area (Å²) in [4.78, 5) is 28.0. The normalized spacial score (nSPS) is 14.4. The first-order chi connectivity index (χ1) is 14.3. The van der Waals surface area contributed by atoms with E-state index in [9.17, 15) is 22.8 Å². The molecule has 0 unspecified atom stereocenters. The van der Waals surface area contributed by atoms with Crippen LogP contribution in [0.25, 0.3) is 0 Å². The molecule has 2 amide bonds. The molecule has 3 rings (SSSR count). The number of benzene rings is 2. The summed E-state index contributed by atoms with van der Waals surface area (Å²) in [5.41, 5.74) is -0.407. The number of carbonyl (C=O) groups excluding carboxylic acids is 2. The van der Waals surface area contributed by atoms with Crippen LogP contribution in [0.4, 0.5) is 13.2 Å². The van der Waals surface area contributed by atoms with Crippen LogP contribution in [0.15, 0.2) is 48.5 Å². The minimum atomic E-state index is -4.56. The smallest absolute Gasteiger partial charge is 0.419 e. The highest BCUT2D eigenvalue weighted by molar-refractivity contribution is 5.94. The number of para-hydroxylation sites is 1. The minimum absolute atomic E-state index is 0.153. The Morgan fingerprint density at radius 3 is 2.13 bits per heavy atom. The van der Waals surface area contributed by atoms with Gasteiger partial charge in [-0.05, 0) is 36.4 Å². The van der Waals surface area contributed by atoms with Gasteiger partial charge in [-0.1, -0.05) is 12.1 Å². The van der Waals surface area contributed by atoms with E-state index < -0.39 is 24.3 Å². The van der Waals surface area contributed by atoms with Crippen molar-refractivity contribution in [1.29, 1.82) is 0 Å². The Bertz CT molecular complexity index is 892. The van der Waals surface area contributed by atoms with Crippen LogP contribution in [0, 0.1) is 0 Å². The number of rotatable bonds is 5. The van der Waals surface area contributed by atoms with Crippen LogP contribution in [0.2, 0.25) is 0 Å². The summed E-state index contributed by atoms with van der Waals surface area (Å²) >= 11 is 0. The molecule has 0 spiro atoms. The van der Waals surface area contributed by atoms with Gasteiger partial charge in [-0.15, -0.1) is 0 Å². The number of hydrogen-bond acceptors (Lipinski definition) is 4. The molecule has 1 aliphatic heterocycles. The van der Waals surface area contributed by atoms with Crippen molar-refractivity contribution in [2.24, 2.45) is 0 Å². The third kappa shape index (κ3) is 5.03. The van der Waals surface area contributed by atoms with Crippen molar-refractivity contribution in [2.75, 3.05) is 39.9 Å². The third-order valence-corrected chi connectivity index (χ3v) is 4.80. The number of alkyl halides is 3. The molecule has 2 aromatic rings. The van der Waals surface area contributed by atoms with Gasteiger partial charge in [0.25, 0.3) is 11.8 Å². The second-order valence-electron chi connectivity index (χ2n) is 6.68. The van der Waals surface area contributed by atoms with Crippen LogP contribution >= 0.6 is 0 Å². The Hall–Kier alpha value is -3.23. The lowest BCUT2D eigenvalue weighted by atomic mass is 10.1. The Morgan fingerprint density at radius 1 is 0.933 bits per heavy atom. The molecule has 1 heterocycles. The first-order valence-electron chi connectivity index (χ1n) is 9.29. The van der Waals surface area contributed by atoms with Gasteiger partial charge in [0.05, 0.1) is 12.7 Å². The van der Waals surface area contributed by atoms with Crippen molar-refractivity contribution in [3.8, 4) is 11.5 Å². The van der Waals surface area contributed by atoms with Gasteiger partial charge in [0.2, 0.25) is 0 Å². The van der Waals surface area contributed by atoms with E-state index in [1.54, 1.807) is 36.3 Å². The molecule has 0 N–H and O–H groups in total. The summed E-state index contributed by atoms with van der Waals surface area (Å²) in [6.07, 6.45) is -4.56. The van der Waals surface area contributed by atoms with Gasteiger partial charge in [-0.2, -0.15) is 13.2 Å². The van der Waals surface area contributed by atoms with Gasteiger partial charge in [0.15, 0.2) is 6.61 Å². The van der Waals surface area contributed by atoms with Crippen LogP contribution in [0.5, 0.6) is 11.5 Å². The van der Waals surface area contributed by atoms with Crippen LogP contribution in [-0.2, 0) is 11.0 Å². The SMILES string of the molecule is COc1ccc(C(=O)N2CCN(C(=O)COc3ccccc3C(F)(F)F)CC2)cc1. The summed E-state index contributed by atoms with van der Waals surface area (Å²) in [5, 5.41) is 0. The predicted molar refractivity (Wildman–Crippen MR) is 102 cm³/mol. The summed E-state index contributed by atoms with van der Waals surface area (Å²) < 4.78 is 49.2. The maximum Gasteiger partial charge on any atom is 0.419 e. The number of methoxy groups -OCH3 is 1. The van der Waals surface area contributed by atoms with Gasteiger partial charge in [-0.3, -0.25) is 9.59 Å². The van der Waals surface area contributed by atoms with E-state index >= 15 is 0 Å². The maximum absolute atomic E-state index is 13.0. The monoisotopic (exact) mass is 422 g/mol. The van der Waals surface area contributed by atoms with Gasteiger partial charge >= 0.3 is 6.18 Å². The fourth-order valence-electron chi connectivity index (χ4n) is 3.13. The number of amides is 2. The molecule has 2 aromatic carbocycles. The molecule has 0 bridgehead atoms. The van der Waals surface area contributed by atoms with Gasteiger partial charge in [-0.25, -0.2) is 0 Å². The lowest BCUT2D eigenvalue weighted by Gasteiger charge is -2.34. The summed E-state index contributed by atoms with van der Waals surface area (Å²) in [5.74, 6) is -0.315. The second-order valence-corrected chi connectivity index (χ2v) is 6.68. The fraction of sp³-hybridized carbons (Fsp3) is 0.333. The van der Waals surface area contributed by atoms with Crippen molar-refractivity contribution in [2.45, 2.75) is 6.18 Å². The first kappa shape index (κ1) is 21.5. The van der Waals surface area contributed by atoms with E-state index in [1.165, 1.54) is 23.1 Å². The maximum atomic E-state index is 13.0. The number of ether oxygens (including phenoxy) is 2. The van der Waals surface area contributed by atoms with E-state index in [1.807, 2.05) is 0 Å². The minimum Gasteiger partial charge on any atom is -0.497 e. The summed E-state index contributed by atoms with van der Waals surface area (Å²) in [7, 11) is 1.54. The second kappa shape index (κ2) is 9.06. The number of hydrogen-bond donors (Lipinski definition) is 0. The van der Waals surface area contributed by atoms with Crippen molar-refractivity contribution in [3.05, 3.63) is 59.7 Å². The molecule has 30 heavy (non-hydrogen) atoms. The average Bonchev–Trinajstić information content (AvgIpc) is 2.76. The number of carbonyl (C=O) groups is 2. The number of piperazine rings is 1. The zero-order valence-electron chi connectivity index (χ0n) is 16.3. The van der Waals surface area contributed by atoms with Crippen LogP contribution in [0.1, 0.15) is 15.9 Å². The zero-order valence-corrected chi connectivity index (χ0v) is 16.3. The molecule has 0 saturated carbocycles. The number of nitrogens with zero attached hydrogens (tertiary/aromatic N) is 2. The van der Waals surface area contributed by atoms with Crippen LogP contribution in [0.3, 0.4) is 0 Å². The van der Waals surface area contributed by atoms with E-state index in [4.69, 9.17) is 9.47 Å². The molecule has 1 saturated heterocycles. The molecule has 0 atom stereocenters. The Balaban J connectivity index is 1.52. The molecule has 160 valence electrons. The molecule has 6 nitrogen and oxygen atoms in total. The fourth-order valence-corrected chi connectivity index (χ4v) is 3.13. The van der Waals surface area contributed by atoms with Crippen LogP contribution < -0.4 is 9.47 Å². The van der Waals surface area contributed by atoms with Crippen LogP contribution in [-0.4, -0.2) is 61.5 Å². The van der Waals surface area contributed by atoms with Crippen molar-refractivity contribution < 1.29 is 32.2 Å². The Labute approximate surface area is 171 Å². The van der Waals surface area contributed by atoms with Crippen molar-refractivity contribution in [1.82, 2.24) is 9.80 Å². The van der Waals surface area contributed by atoms with Gasteiger partial charge in [0.1, 0.15) is 11.5 Å². The predicted octanol–water partition coefficient (Wildman–Crippen LogP) is 3.08. The molecule has 0 radical (unpaired) electrons. The number of halogens is 3. The third-order valence-electron chi connectivity index (χ3n) is 4.80. The topological polar surface area (TPSA) is 59.1 Å². The van der Waals surface area contributed by atoms with Crippen molar-refractivity contribution in [3.63, 3.8) is 0 Å². The van der Waals surface area contributed by atoms with Crippen molar-refractivity contribution >= 4 is 11.8 Å².